The van der Waals surface area contributed by atoms with E-state index < -0.39 is 6.23 Å². The number of carbonyl (C=O) groups excluding carboxylic acids is 1. The molecule has 31 heavy (non-hydrogen) atoms. The molecule has 0 bridgehead atoms. The Hall–Kier alpha value is -2.80. The van der Waals surface area contributed by atoms with E-state index in [9.17, 15) is 9.90 Å². The second-order valence-electron chi connectivity index (χ2n) is 8.25. The predicted octanol–water partition coefficient (Wildman–Crippen LogP) is 3.17. The Bertz CT molecular complexity index is 952. The van der Waals surface area contributed by atoms with Gasteiger partial charge in [0.15, 0.2) is 17.7 Å². The molecule has 0 radical (unpaired) electrons. The monoisotopic (exact) mass is 426 g/mol. The molecule has 1 aromatic rings. The minimum Gasteiger partial charge on any atom is -0.493 e. The highest BCUT2D eigenvalue weighted by Crippen LogP contribution is 2.45. The average Bonchev–Trinajstić information content (AvgIpc) is 2.74. The average molecular weight is 427 g/mol. The van der Waals surface area contributed by atoms with Crippen LogP contribution < -0.4 is 9.47 Å². The summed E-state index contributed by atoms with van der Waals surface area (Å²) < 4.78 is 16.8. The number of esters is 1. The van der Waals surface area contributed by atoms with Crippen LogP contribution in [0.15, 0.2) is 41.1 Å². The Balaban J connectivity index is 1.78. The molecule has 4 atom stereocenters. The molecule has 0 aromatic heterocycles. The van der Waals surface area contributed by atoms with Crippen molar-refractivity contribution in [2.75, 3.05) is 20.8 Å². The second-order valence-corrected chi connectivity index (χ2v) is 8.25. The van der Waals surface area contributed by atoms with Crippen molar-refractivity contribution in [1.29, 1.82) is 0 Å². The van der Waals surface area contributed by atoms with Crippen molar-refractivity contribution in [3.05, 3.63) is 47.2 Å². The van der Waals surface area contributed by atoms with Crippen molar-refractivity contribution in [2.45, 2.75) is 57.4 Å². The van der Waals surface area contributed by atoms with E-state index in [2.05, 4.69) is 6.07 Å². The lowest BCUT2D eigenvalue weighted by molar-refractivity contribution is -0.149. The number of ether oxygens (including phenoxy) is 3. The SMILES string of the molecule is CCOc1cc2c(cc1OC)C(C1=CN(C)C(OC(C)=O)C=C1)=N[C@@H]1CC[C@@H](O)C[C@H]21. The van der Waals surface area contributed by atoms with E-state index in [1.165, 1.54) is 6.92 Å². The van der Waals surface area contributed by atoms with Gasteiger partial charge in [-0.3, -0.25) is 9.79 Å². The van der Waals surface area contributed by atoms with Gasteiger partial charge in [0, 0.05) is 37.2 Å². The zero-order valence-electron chi connectivity index (χ0n) is 18.5. The predicted molar refractivity (Wildman–Crippen MR) is 118 cm³/mol. The van der Waals surface area contributed by atoms with E-state index in [0.717, 1.165) is 35.3 Å². The molecule has 0 amide bonds. The zero-order valence-corrected chi connectivity index (χ0v) is 18.5. The first-order valence-corrected chi connectivity index (χ1v) is 10.8. The fourth-order valence-electron chi connectivity index (χ4n) is 4.69. The molecule has 3 aliphatic rings. The van der Waals surface area contributed by atoms with Crippen molar-refractivity contribution >= 4 is 11.7 Å². The number of carbonyl (C=O) groups is 1. The number of allylic oxidation sites excluding steroid dienone is 2. The highest BCUT2D eigenvalue weighted by Gasteiger charge is 2.38. The first kappa shape index (κ1) is 21.4. The van der Waals surface area contributed by atoms with Gasteiger partial charge in [-0.15, -0.1) is 0 Å². The van der Waals surface area contributed by atoms with Gasteiger partial charge in [0.25, 0.3) is 0 Å². The summed E-state index contributed by atoms with van der Waals surface area (Å²) >= 11 is 0. The number of rotatable bonds is 5. The van der Waals surface area contributed by atoms with Gasteiger partial charge in [-0.05, 0) is 56.0 Å². The van der Waals surface area contributed by atoms with Crippen LogP contribution in [0.2, 0.25) is 0 Å². The van der Waals surface area contributed by atoms with Crippen LogP contribution in [0.3, 0.4) is 0 Å². The van der Waals surface area contributed by atoms with Crippen LogP contribution in [-0.4, -0.2) is 60.8 Å². The summed E-state index contributed by atoms with van der Waals surface area (Å²) in [7, 11) is 3.51. The number of hydrogen-bond donors (Lipinski definition) is 1. The van der Waals surface area contributed by atoms with E-state index in [0.29, 0.717) is 24.5 Å². The molecule has 0 saturated heterocycles. The Morgan fingerprint density at radius 3 is 2.77 bits per heavy atom. The standard InChI is InChI=1S/C24H30N2O5/c1-5-30-22-11-17-18-10-16(28)7-8-20(18)25-24(19(17)12-21(22)29-4)15-6-9-23(26(3)13-15)31-14(2)27/h6,9,11-13,16,18,20,23,28H,5,7-8,10H2,1-4H3/t16-,18-,20-,23?/m1/s1. The van der Waals surface area contributed by atoms with Crippen LogP contribution in [0.1, 0.15) is 50.2 Å². The molecular formula is C24H30N2O5. The third kappa shape index (κ3) is 4.19. The van der Waals surface area contributed by atoms with Gasteiger partial charge in [0.05, 0.1) is 31.6 Å². The molecule has 4 rings (SSSR count). The van der Waals surface area contributed by atoms with E-state index >= 15 is 0 Å². The molecule has 7 nitrogen and oxygen atoms in total. The van der Waals surface area contributed by atoms with Gasteiger partial charge >= 0.3 is 5.97 Å². The van der Waals surface area contributed by atoms with Crippen molar-refractivity contribution < 1.29 is 24.1 Å². The van der Waals surface area contributed by atoms with Crippen LogP contribution >= 0.6 is 0 Å². The van der Waals surface area contributed by atoms with Crippen molar-refractivity contribution in [1.82, 2.24) is 4.90 Å². The summed E-state index contributed by atoms with van der Waals surface area (Å²) in [6.07, 6.45) is 7.31. The summed E-state index contributed by atoms with van der Waals surface area (Å²) in [5.41, 5.74) is 3.96. The molecule has 1 aromatic carbocycles. The quantitative estimate of drug-likeness (QED) is 0.729. The molecule has 166 valence electrons. The van der Waals surface area contributed by atoms with E-state index in [4.69, 9.17) is 19.2 Å². The fraction of sp³-hybridized carbons (Fsp3) is 0.500. The highest BCUT2D eigenvalue weighted by atomic mass is 16.6. The van der Waals surface area contributed by atoms with Gasteiger partial charge in [-0.25, -0.2) is 0 Å². The maximum absolute atomic E-state index is 11.4. The largest absolute Gasteiger partial charge is 0.493 e. The summed E-state index contributed by atoms with van der Waals surface area (Å²) in [5.74, 6) is 1.20. The normalized spacial score (nSPS) is 26.9. The maximum Gasteiger partial charge on any atom is 0.304 e. The summed E-state index contributed by atoms with van der Waals surface area (Å²) in [4.78, 5) is 18.4. The van der Waals surface area contributed by atoms with E-state index in [1.54, 1.807) is 7.11 Å². The third-order valence-corrected chi connectivity index (χ3v) is 6.12. The van der Waals surface area contributed by atoms with Gasteiger partial charge in [0.1, 0.15) is 0 Å². The van der Waals surface area contributed by atoms with Gasteiger partial charge < -0.3 is 24.2 Å². The Labute approximate surface area is 183 Å². The van der Waals surface area contributed by atoms with Crippen LogP contribution in [0.5, 0.6) is 11.5 Å². The minimum absolute atomic E-state index is 0.111. The van der Waals surface area contributed by atoms with Gasteiger partial charge in [-0.2, -0.15) is 0 Å². The fourth-order valence-corrected chi connectivity index (χ4v) is 4.69. The molecule has 1 aliphatic carbocycles. The number of aliphatic hydroxyl groups is 1. The van der Waals surface area contributed by atoms with Gasteiger partial charge in [-0.1, -0.05) is 0 Å². The molecule has 1 fully saturated rings. The Morgan fingerprint density at radius 1 is 1.29 bits per heavy atom. The lowest BCUT2D eigenvalue weighted by atomic mass is 9.74. The van der Waals surface area contributed by atoms with Crippen molar-refractivity contribution in [2.24, 2.45) is 4.99 Å². The van der Waals surface area contributed by atoms with Crippen molar-refractivity contribution in [3.63, 3.8) is 0 Å². The first-order valence-electron chi connectivity index (χ1n) is 10.8. The minimum atomic E-state index is -0.433. The number of nitrogens with zero attached hydrogens (tertiary/aromatic N) is 2. The molecule has 2 aliphatic heterocycles. The smallest absolute Gasteiger partial charge is 0.304 e. The molecule has 1 N–H and O–H groups in total. The number of aliphatic hydroxyl groups excluding tert-OH is 1. The number of hydrogen-bond acceptors (Lipinski definition) is 7. The first-order chi connectivity index (χ1) is 14.9. The van der Waals surface area contributed by atoms with E-state index in [-0.39, 0.29) is 24.0 Å². The van der Waals surface area contributed by atoms with Crippen molar-refractivity contribution in [3.8, 4) is 11.5 Å². The highest BCUT2D eigenvalue weighted by molar-refractivity contribution is 6.16. The van der Waals surface area contributed by atoms with E-state index in [1.807, 2.05) is 43.3 Å². The summed E-state index contributed by atoms with van der Waals surface area (Å²) in [5, 5.41) is 10.3. The topological polar surface area (TPSA) is 80.6 Å². The van der Waals surface area contributed by atoms with Crippen LogP contribution in [0.4, 0.5) is 0 Å². The lowest BCUT2D eigenvalue weighted by Crippen LogP contribution is -2.36. The molecule has 2 heterocycles. The number of likely N-dealkylation sites (N-methyl/N-ethyl adjacent to an activating group) is 1. The molecular weight excluding hydrogens is 396 g/mol. The molecule has 1 saturated carbocycles. The number of fused-ring (bicyclic) bond motifs is 3. The third-order valence-electron chi connectivity index (χ3n) is 6.12. The second kappa shape index (κ2) is 8.75. The molecule has 0 spiro atoms. The van der Waals surface area contributed by atoms with Crippen LogP contribution in [-0.2, 0) is 9.53 Å². The molecule has 1 unspecified atom stereocenters. The molecule has 7 heteroatoms. The van der Waals surface area contributed by atoms with Crippen LogP contribution in [0, 0.1) is 0 Å². The lowest BCUT2D eigenvalue weighted by Gasteiger charge is -2.38. The van der Waals surface area contributed by atoms with Gasteiger partial charge in [0.2, 0.25) is 0 Å². The number of benzene rings is 1. The zero-order chi connectivity index (χ0) is 22.1. The summed E-state index contributed by atoms with van der Waals surface area (Å²) in [6.45, 7) is 3.90. The van der Waals surface area contributed by atoms with Crippen LogP contribution in [0.25, 0.3) is 0 Å². The Morgan fingerprint density at radius 2 is 2.10 bits per heavy atom. The summed E-state index contributed by atoms with van der Waals surface area (Å²) in [6, 6.07) is 4.16. The maximum atomic E-state index is 11.4. The Kier molecular flexibility index (Phi) is 6.05. The number of methoxy groups -OCH3 is 1. The number of aliphatic imine (C=N–C) groups is 1.